The number of nitrogens with two attached hydrogens (primary N) is 2. The van der Waals surface area contributed by atoms with Gasteiger partial charge >= 0.3 is 0 Å². The van der Waals surface area contributed by atoms with Crippen molar-refractivity contribution in [2.24, 2.45) is 11.5 Å². The van der Waals surface area contributed by atoms with Gasteiger partial charge in [-0.25, -0.2) is 22.0 Å². The van der Waals surface area contributed by atoms with Crippen LogP contribution in [-0.4, -0.2) is 64.3 Å². The van der Waals surface area contributed by atoms with Gasteiger partial charge in [-0.1, -0.05) is 42.5 Å². The van der Waals surface area contributed by atoms with Crippen LogP contribution in [0.2, 0.25) is 0 Å². The molecule has 0 aliphatic carbocycles. The van der Waals surface area contributed by atoms with Crippen molar-refractivity contribution >= 4 is 23.6 Å². The number of halogens is 5. The lowest BCUT2D eigenvalue weighted by molar-refractivity contribution is -0.140. The highest BCUT2D eigenvalue weighted by Gasteiger charge is 2.38. The average molecular weight is 662 g/mol. The number of amides is 4. The van der Waals surface area contributed by atoms with Crippen LogP contribution in [0.1, 0.15) is 29.5 Å². The molecular weight excluding hydrogens is 629 g/mol. The minimum Gasteiger partial charge on any atom is -0.508 e. The molecule has 1 heterocycles. The van der Waals surface area contributed by atoms with E-state index in [1.54, 1.807) is 42.5 Å². The van der Waals surface area contributed by atoms with Crippen molar-refractivity contribution in [2.75, 3.05) is 6.54 Å². The third-order valence-corrected chi connectivity index (χ3v) is 7.83. The molecule has 1 aliphatic rings. The second kappa shape index (κ2) is 15.0. The van der Waals surface area contributed by atoms with Crippen LogP contribution < -0.4 is 22.1 Å². The lowest BCUT2D eigenvalue weighted by Gasteiger charge is -2.29. The highest BCUT2D eigenvalue weighted by Crippen LogP contribution is 2.25. The predicted octanol–water partition coefficient (Wildman–Crippen LogP) is 1.89. The normalized spacial score (nSPS) is 16.3. The molecule has 47 heavy (non-hydrogen) atoms. The zero-order chi connectivity index (χ0) is 34.4. The summed E-state index contributed by atoms with van der Waals surface area (Å²) in [5, 5.41) is 14.2. The molecule has 0 spiro atoms. The van der Waals surface area contributed by atoms with E-state index >= 15 is 0 Å². The summed E-state index contributed by atoms with van der Waals surface area (Å²) in [5.74, 6) is -14.8. The van der Waals surface area contributed by atoms with Gasteiger partial charge < -0.3 is 32.1 Å². The fourth-order valence-electron chi connectivity index (χ4n) is 5.35. The zero-order valence-electron chi connectivity index (χ0n) is 24.8. The van der Waals surface area contributed by atoms with Crippen molar-refractivity contribution in [3.05, 3.63) is 100 Å². The van der Waals surface area contributed by atoms with Crippen LogP contribution in [0, 0.1) is 29.1 Å². The van der Waals surface area contributed by atoms with Crippen LogP contribution in [0.25, 0.3) is 0 Å². The molecule has 0 radical (unpaired) electrons. The maximum absolute atomic E-state index is 14.4. The van der Waals surface area contributed by atoms with Crippen molar-refractivity contribution in [2.45, 2.75) is 56.3 Å². The Bertz CT molecular complexity index is 1610. The van der Waals surface area contributed by atoms with Crippen LogP contribution in [0.4, 0.5) is 22.0 Å². The number of primary amides is 1. The summed E-state index contributed by atoms with van der Waals surface area (Å²) < 4.78 is 69.8. The summed E-state index contributed by atoms with van der Waals surface area (Å²) in [5.41, 5.74) is 11.4. The summed E-state index contributed by atoms with van der Waals surface area (Å²) in [4.78, 5) is 53.7. The Morgan fingerprint density at radius 2 is 1.36 bits per heavy atom. The number of nitrogens with one attached hydrogen (secondary N) is 2. The average Bonchev–Trinajstić information content (AvgIpc) is 3.55. The van der Waals surface area contributed by atoms with Gasteiger partial charge in [-0.2, -0.15) is 0 Å². The van der Waals surface area contributed by atoms with Gasteiger partial charge in [0.25, 0.3) is 0 Å². The quantitative estimate of drug-likeness (QED) is 0.113. The monoisotopic (exact) mass is 661 g/mol. The summed E-state index contributed by atoms with van der Waals surface area (Å²) in [7, 11) is 0. The molecule has 0 bridgehead atoms. The lowest BCUT2D eigenvalue weighted by Crippen LogP contribution is -2.58. The van der Waals surface area contributed by atoms with E-state index in [4.69, 9.17) is 11.5 Å². The van der Waals surface area contributed by atoms with Crippen molar-refractivity contribution in [1.29, 1.82) is 0 Å². The number of phenols is 1. The van der Waals surface area contributed by atoms with E-state index < -0.39 is 88.9 Å². The molecule has 7 N–H and O–H groups in total. The number of nitrogens with zero attached hydrogens (tertiary/aromatic N) is 1. The Morgan fingerprint density at radius 1 is 0.787 bits per heavy atom. The largest absolute Gasteiger partial charge is 0.508 e. The predicted molar refractivity (Wildman–Crippen MR) is 158 cm³/mol. The van der Waals surface area contributed by atoms with E-state index in [0.29, 0.717) is 17.5 Å². The van der Waals surface area contributed by atoms with Gasteiger partial charge in [0.2, 0.25) is 29.4 Å². The first-order valence-electron chi connectivity index (χ1n) is 14.6. The Kier molecular flexibility index (Phi) is 11.1. The number of hydrogen-bond donors (Lipinski definition) is 5. The third kappa shape index (κ3) is 8.22. The van der Waals surface area contributed by atoms with Gasteiger partial charge in [0.05, 0.1) is 6.04 Å². The number of carbonyl (C=O) groups is 4. The maximum atomic E-state index is 14.4. The van der Waals surface area contributed by atoms with E-state index in [-0.39, 0.29) is 31.6 Å². The zero-order valence-corrected chi connectivity index (χ0v) is 24.8. The number of phenolic OH excluding ortho intramolecular Hbond substituents is 1. The highest BCUT2D eigenvalue weighted by atomic mass is 19.2. The molecular formula is C32H32F5N5O5. The molecule has 3 aromatic carbocycles. The Morgan fingerprint density at radius 3 is 1.96 bits per heavy atom. The first-order valence-corrected chi connectivity index (χ1v) is 14.6. The number of aromatic hydroxyl groups is 1. The van der Waals surface area contributed by atoms with Crippen molar-refractivity contribution in [3.8, 4) is 5.75 Å². The standard InChI is InChI=1S/C32H32F5N5O5/c33-24-19(25(34)27(36)28(37)26(24)35)15-21(29(39)44)40-30(45)22(14-16-5-2-1-3-6-16)41-31(46)23-7-4-12-42(23)32(47)20(38)13-17-8-10-18(43)11-9-17/h1-3,5-6,8-11,20-23,43H,4,7,12-15,38H2,(H2,39,44)(H,40,45)(H,41,46)/t20-,21-,22-,23-/m0/s1. The van der Waals surface area contributed by atoms with Crippen molar-refractivity contribution < 1.29 is 46.2 Å². The fourth-order valence-corrected chi connectivity index (χ4v) is 5.35. The molecule has 15 heteroatoms. The fraction of sp³-hybridized carbons (Fsp3) is 0.312. The number of hydrogen-bond acceptors (Lipinski definition) is 6. The number of carbonyl (C=O) groups excluding carboxylic acids is 4. The lowest BCUT2D eigenvalue weighted by atomic mass is 10.0. The molecule has 250 valence electrons. The van der Waals surface area contributed by atoms with E-state index in [1.807, 2.05) is 0 Å². The number of rotatable bonds is 12. The van der Waals surface area contributed by atoms with E-state index in [1.165, 1.54) is 17.0 Å². The second-order valence-corrected chi connectivity index (χ2v) is 11.1. The van der Waals surface area contributed by atoms with Crippen LogP contribution in [0.3, 0.4) is 0 Å². The van der Waals surface area contributed by atoms with Crippen LogP contribution in [0.5, 0.6) is 5.75 Å². The second-order valence-electron chi connectivity index (χ2n) is 11.1. The molecule has 1 fully saturated rings. The summed E-state index contributed by atoms with van der Waals surface area (Å²) in [6, 6.07) is 9.01. The van der Waals surface area contributed by atoms with Crippen LogP contribution in [0.15, 0.2) is 54.6 Å². The Balaban J connectivity index is 1.52. The summed E-state index contributed by atoms with van der Waals surface area (Å²) in [6.07, 6.45) is -0.499. The first kappa shape index (κ1) is 34.8. The van der Waals surface area contributed by atoms with Crippen LogP contribution >= 0.6 is 0 Å². The molecule has 0 unspecified atom stereocenters. The number of likely N-dealkylation sites (tertiary alicyclic amines) is 1. The topological polar surface area (TPSA) is 168 Å². The molecule has 1 aliphatic heterocycles. The van der Waals surface area contributed by atoms with Gasteiger partial charge in [-0.3, -0.25) is 19.2 Å². The SMILES string of the molecule is NC(=O)[C@H](Cc1c(F)c(F)c(F)c(F)c1F)NC(=O)[C@H](Cc1ccccc1)NC(=O)[C@@H]1CCCN1C(=O)[C@@H](N)Cc1ccc(O)cc1. The van der Waals surface area contributed by atoms with Crippen molar-refractivity contribution in [1.82, 2.24) is 15.5 Å². The smallest absolute Gasteiger partial charge is 0.243 e. The highest BCUT2D eigenvalue weighted by molar-refractivity contribution is 5.95. The minimum atomic E-state index is -2.39. The van der Waals surface area contributed by atoms with E-state index in [9.17, 15) is 46.2 Å². The molecule has 1 saturated heterocycles. The van der Waals surface area contributed by atoms with Gasteiger partial charge in [0.15, 0.2) is 23.3 Å². The molecule has 0 aromatic heterocycles. The van der Waals surface area contributed by atoms with Gasteiger partial charge in [0, 0.05) is 24.9 Å². The molecule has 4 amide bonds. The first-order chi connectivity index (χ1) is 22.3. The molecule has 4 atom stereocenters. The molecule has 0 saturated carbocycles. The third-order valence-electron chi connectivity index (χ3n) is 7.83. The number of benzene rings is 3. The van der Waals surface area contributed by atoms with Gasteiger partial charge in [-0.15, -0.1) is 0 Å². The van der Waals surface area contributed by atoms with Crippen LogP contribution in [-0.2, 0) is 38.4 Å². The van der Waals surface area contributed by atoms with Gasteiger partial charge in [0.1, 0.15) is 23.9 Å². The Hall–Kier alpha value is -5.05. The maximum Gasteiger partial charge on any atom is 0.243 e. The van der Waals surface area contributed by atoms with E-state index in [0.717, 1.165) is 0 Å². The summed E-state index contributed by atoms with van der Waals surface area (Å²) in [6.45, 7) is 0.210. The van der Waals surface area contributed by atoms with E-state index in [2.05, 4.69) is 10.6 Å². The molecule has 3 aromatic rings. The van der Waals surface area contributed by atoms with Gasteiger partial charge in [-0.05, 0) is 42.5 Å². The Labute approximate surface area is 265 Å². The summed E-state index contributed by atoms with van der Waals surface area (Å²) >= 11 is 0. The minimum absolute atomic E-state index is 0.0405. The molecule has 4 rings (SSSR count). The van der Waals surface area contributed by atoms with Crippen molar-refractivity contribution in [3.63, 3.8) is 0 Å². The molecule has 10 nitrogen and oxygen atoms in total.